The zero-order valence-corrected chi connectivity index (χ0v) is 19.0. The van der Waals surface area contributed by atoms with Crippen LogP contribution in [0.5, 0.6) is 0 Å². The van der Waals surface area contributed by atoms with E-state index < -0.39 is 0 Å². The highest BCUT2D eigenvalue weighted by Gasteiger charge is 2.26. The summed E-state index contributed by atoms with van der Waals surface area (Å²) >= 11 is 0. The van der Waals surface area contributed by atoms with Crippen molar-refractivity contribution in [3.8, 4) is 0 Å². The predicted octanol–water partition coefficient (Wildman–Crippen LogP) is 3.00. The number of nitrogens with zero attached hydrogens (tertiary/aromatic N) is 2. The number of nitrogens with one attached hydrogen (secondary N) is 1. The summed E-state index contributed by atoms with van der Waals surface area (Å²) in [5.41, 5.74) is 4.30. The summed E-state index contributed by atoms with van der Waals surface area (Å²) in [7, 11) is 1.63. The van der Waals surface area contributed by atoms with E-state index in [4.69, 9.17) is 4.74 Å². The molecule has 1 saturated heterocycles. The van der Waals surface area contributed by atoms with Crippen LogP contribution in [0.4, 0.5) is 0 Å². The molecule has 1 N–H and O–H groups in total. The smallest absolute Gasteiger partial charge is 0.223 e. The first-order valence-electron chi connectivity index (χ1n) is 11.2. The van der Waals surface area contributed by atoms with Crippen molar-refractivity contribution in [2.24, 2.45) is 5.92 Å². The van der Waals surface area contributed by atoms with Gasteiger partial charge in [0.1, 0.15) is 0 Å². The van der Waals surface area contributed by atoms with E-state index in [-0.39, 0.29) is 17.6 Å². The molecule has 0 aliphatic carbocycles. The summed E-state index contributed by atoms with van der Waals surface area (Å²) in [6.07, 6.45) is 2.54. The Kier molecular flexibility index (Phi) is 8.43. The maximum Gasteiger partial charge on any atom is 0.223 e. The molecule has 1 aliphatic rings. The van der Waals surface area contributed by atoms with Crippen LogP contribution in [0.15, 0.2) is 36.4 Å². The molecule has 2 aromatic rings. The molecule has 0 saturated carbocycles. The first kappa shape index (κ1) is 23.2. The van der Waals surface area contributed by atoms with Gasteiger partial charge in [-0.2, -0.15) is 0 Å². The Morgan fingerprint density at radius 2 is 1.84 bits per heavy atom. The molecule has 1 aromatic carbocycles. The van der Waals surface area contributed by atoms with E-state index in [1.165, 1.54) is 5.56 Å². The van der Waals surface area contributed by atoms with Gasteiger partial charge in [0, 0.05) is 43.1 Å². The van der Waals surface area contributed by atoms with Crippen molar-refractivity contribution in [3.63, 3.8) is 0 Å². The molecule has 3 rings (SSSR count). The lowest BCUT2D eigenvalue weighted by Crippen LogP contribution is -2.42. The van der Waals surface area contributed by atoms with Crippen LogP contribution in [0, 0.1) is 19.8 Å². The van der Waals surface area contributed by atoms with Gasteiger partial charge >= 0.3 is 0 Å². The van der Waals surface area contributed by atoms with E-state index in [1.807, 2.05) is 19.1 Å². The van der Waals surface area contributed by atoms with Crippen LogP contribution in [0.2, 0.25) is 0 Å². The van der Waals surface area contributed by atoms with E-state index in [0.29, 0.717) is 19.7 Å². The Hall–Kier alpha value is -2.44. The number of carbonyl (C=O) groups is 2. The van der Waals surface area contributed by atoms with Crippen LogP contribution in [0.25, 0.3) is 0 Å². The number of aryl methyl sites for hydroxylation is 2. The van der Waals surface area contributed by atoms with Crippen molar-refractivity contribution in [2.75, 3.05) is 39.9 Å². The molecule has 168 valence electrons. The quantitative estimate of drug-likeness (QED) is 0.470. The SMILES string of the molecule is COCCNC(=O)C1CCN(CC(=O)c2cc(C)n(CCc3ccccc3)c2C)CC1. The Bertz CT molecular complexity index is 868. The zero-order chi connectivity index (χ0) is 22.2. The number of ether oxygens (including phenoxy) is 1. The average molecular weight is 426 g/mol. The fourth-order valence-corrected chi connectivity index (χ4v) is 4.38. The zero-order valence-electron chi connectivity index (χ0n) is 19.0. The highest BCUT2D eigenvalue weighted by Crippen LogP contribution is 2.20. The number of benzene rings is 1. The largest absolute Gasteiger partial charge is 0.383 e. The number of rotatable bonds is 10. The lowest BCUT2D eigenvalue weighted by Gasteiger charge is -2.30. The number of amides is 1. The molecule has 0 radical (unpaired) electrons. The van der Waals surface area contributed by atoms with Crippen molar-refractivity contribution < 1.29 is 14.3 Å². The summed E-state index contributed by atoms with van der Waals surface area (Å²) in [5.74, 6) is 0.304. The van der Waals surface area contributed by atoms with Gasteiger partial charge < -0.3 is 14.6 Å². The Labute approximate surface area is 185 Å². The van der Waals surface area contributed by atoms with Crippen LogP contribution in [-0.4, -0.2) is 61.1 Å². The maximum absolute atomic E-state index is 13.0. The lowest BCUT2D eigenvalue weighted by molar-refractivity contribution is -0.126. The van der Waals surface area contributed by atoms with Gasteiger partial charge in [0.2, 0.25) is 5.91 Å². The minimum absolute atomic E-state index is 0.0336. The molecule has 0 spiro atoms. The minimum atomic E-state index is 0.0336. The van der Waals surface area contributed by atoms with Gasteiger partial charge in [-0.1, -0.05) is 30.3 Å². The Balaban J connectivity index is 1.51. The third-order valence-corrected chi connectivity index (χ3v) is 6.27. The normalized spacial score (nSPS) is 15.2. The first-order valence-corrected chi connectivity index (χ1v) is 11.2. The number of likely N-dealkylation sites (tertiary alicyclic amines) is 1. The number of methoxy groups -OCH3 is 1. The summed E-state index contributed by atoms with van der Waals surface area (Å²) in [6, 6.07) is 12.5. The van der Waals surface area contributed by atoms with Gasteiger partial charge in [0.05, 0.1) is 13.2 Å². The summed E-state index contributed by atoms with van der Waals surface area (Å²) in [5, 5.41) is 2.92. The third kappa shape index (κ3) is 6.28. The molecule has 6 nitrogen and oxygen atoms in total. The minimum Gasteiger partial charge on any atom is -0.383 e. The van der Waals surface area contributed by atoms with Gasteiger partial charge in [-0.15, -0.1) is 0 Å². The second-order valence-electron chi connectivity index (χ2n) is 8.43. The molecular formula is C25H35N3O3. The van der Waals surface area contributed by atoms with Crippen molar-refractivity contribution in [3.05, 3.63) is 58.9 Å². The monoisotopic (exact) mass is 425 g/mol. The first-order chi connectivity index (χ1) is 15.0. The molecular weight excluding hydrogens is 390 g/mol. The molecule has 1 aromatic heterocycles. The highest BCUT2D eigenvalue weighted by molar-refractivity contribution is 5.99. The Morgan fingerprint density at radius 3 is 2.52 bits per heavy atom. The van der Waals surface area contributed by atoms with Crippen LogP contribution < -0.4 is 5.32 Å². The van der Waals surface area contributed by atoms with E-state index in [2.05, 4.69) is 46.0 Å². The van der Waals surface area contributed by atoms with E-state index in [0.717, 1.165) is 55.8 Å². The summed E-state index contributed by atoms with van der Waals surface area (Å²) in [4.78, 5) is 27.4. The second-order valence-corrected chi connectivity index (χ2v) is 8.43. The molecule has 1 amide bonds. The predicted molar refractivity (Wildman–Crippen MR) is 122 cm³/mol. The molecule has 1 aliphatic heterocycles. The number of aromatic nitrogens is 1. The fourth-order valence-electron chi connectivity index (χ4n) is 4.38. The van der Waals surface area contributed by atoms with E-state index >= 15 is 0 Å². The molecule has 31 heavy (non-hydrogen) atoms. The topological polar surface area (TPSA) is 63.6 Å². The van der Waals surface area contributed by atoms with Gasteiger partial charge in [0.25, 0.3) is 0 Å². The fraction of sp³-hybridized carbons (Fsp3) is 0.520. The number of piperidine rings is 1. The van der Waals surface area contributed by atoms with Crippen molar-refractivity contribution in [2.45, 2.75) is 39.7 Å². The van der Waals surface area contributed by atoms with Gasteiger partial charge in [-0.3, -0.25) is 14.5 Å². The molecule has 0 unspecified atom stereocenters. The molecule has 6 heteroatoms. The highest BCUT2D eigenvalue weighted by atomic mass is 16.5. The standard InChI is InChI=1S/C25H35N3O3/c1-19-17-23(20(2)28(19)15-9-21-7-5-4-6-8-21)24(29)18-27-13-10-22(11-14-27)25(30)26-12-16-31-3/h4-8,17,22H,9-16,18H2,1-3H3,(H,26,30). The van der Waals surface area contributed by atoms with Crippen molar-refractivity contribution in [1.29, 1.82) is 0 Å². The molecule has 2 heterocycles. The molecule has 0 atom stereocenters. The number of Topliss-reactive ketones (excluding diaryl/α,β-unsaturated/α-hetero) is 1. The molecule has 0 bridgehead atoms. The van der Waals surface area contributed by atoms with Gasteiger partial charge in [-0.25, -0.2) is 0 Å². The van der Waals surface area contributed by atoms with Crippen LogP contribution in [0.3, 0.4) is 0 Å². The molecule has 1 fully saturated rings. The Morgan fingerprint density at radius 1 is 1.13 bits per heavy atom. The van der Waals surface area contributed by atoms with E-state index in [9.17, 15) is 9.59 Å². The third-order valence-electron chi connectivity index (χ3n) is 6.27. The van der Waals surface area contributed by atoms with Gasteiger partial charge in [0.15, 0.2) is 5.78 Å². The summed E-state index contributed by atoms with van der Waals surface area (Å²) in [6.45, 7) is 8.04. The number of hydrogen-bond acceptors (Lipinski definition) is 4. The van der Waals surface area contributed by atoms with Crippen LogP contribution in [0.1, 0.15) is 40.2 Å². The van der Waals surface area contributed by atoms with Crippen molar-refractivity contribution >= 4 is 11.7 Å². The lowest BCUT2D eigenvalue weighted by atomic mass is 9.95. The number of carbonyl (C=O) groups excluding carboxylic acids is 2. The maximum atomic E-state index is 13.0. The van der Waals surface area contributed by atoms with Gasteiger partial charge in [-0.05, 0) is 57.8 Å². The van der Waals surface area contributed by atoms with E-state index in [1.54, 1.807) is 7.11 Å². The number of ketones is 1. The van der Waals surface area contributed by atoms with Crippen LogP contribution in [-0.2, 0) is 22.5 Å². The summed E-state index contributed by atoms with van der Waals surface area (Å²) < 4.78 is 7.22. The number of hydrogen-bond donors (Lipinski definition) is 1. The van der Waals surface area contributed by atoms with Crippen molar-refractivity contribution in [1.82, 2.24) is 14.8 Å². The second kappa shape index (κ2) is 11.3. The average Bonchev–Trinajstić information content (AvgIpc) is 3.07. The van der Waals surface area contributed by atoms with Crippen LogP contribution >= 0.6 is 0 Å².